The van der Waals surface area contributed by atoms with E-state index in [2.05, 4.69) is 15.5 Å². The van der Waals surface area contributed by atoms with E-state index in [-0.39, 0.29) is 11.7 Å². The Hall–Kier alpha value is -2.63. The third-order valence-electron chi connectivity index (χ3n) is 2.86. The summed E-state index contributed by atoms with van der Waals surface area (Å²) in [6.45, 7) is 3.68. The third-order valence-corrected chi connectivity index (χ3v) is 2.86. The highest BCUT2D eigenvalue weighted by Gasteiger charge is 2.14. The quantitative estimate of drug-likeness (QED) is 0.585. The van der Waals surface area contributed by atoms with E-state index in [0.29, 0.717) is 34.7 Å². The summed E-state index contributed by atoms with van der Waals surface area (Å²) in [6.07, 6.45) is 0.612. The van der Waals surface area contributed by atoms with Gasteiger partial charge in [-0.2, -0.15) is 10.2 Å². The number of hydrogen-bond acceptors (Lipinski definition) is 5. The fourth-order valence-corrected chi connectivity index (χ4v) is 1.83. The minimum atomic E-state index is -0.294. The molecule has 0 aliphatic heterocycles. The Morgan fingerprint density at radius 1 is 1.35 bits per heavy atom. The van der Waals surface area contributed by atoms with Gasteiger partial charge in [0.05, 0.1) is 28.3 Å². The van der Waals surface area contributed by atoms with Crippen molar-refractivity contribution in [1.29, 1.82) is 0 Å². The smallest absolute Gasteiger partial charge is 0.257 e. The number of nitrogens with zero attached hydrogens (tertiary/aromatic N) is 2. The van der Waals surface area contributed by atoms with Crippen LogP contribution in [0.3, 0.4) is 0 Å². The maximum absolute atomic E-state index is 12.3. The Bertz CT molecular complexity index is 656. The number of nitrogens with one attached hydrogen (secondary N) is 1. The summed E-state index contributed by atoms with van der Waals surface area (Å²) >= 11 is 0. The number of amides is 1. The van der Waals surface area contributed by atoms with Crippen LogP contribution in [0.15, 0.2) is 24.3 Å². The molecule has 1 aromatic carbocycles. The van der Waals surface area contributed by atoms with Crippen molar-refractivity contribution in [2.45, 2.75) is 20.3 Å². The average Bonchev–Trinajstić information content (AvgIpc) is 2.41. The summed E-state index contributed by atoms with van der Waals surface area (Å²) < 4.78 is 0. The van der Waals surface area contributed by atoms with E-state index in [4.69, 9.17) is 5.73 Å². The number of phenolic OH excluding ortho intramolecular Hbond substituents is 1. The molecule has 1 heterocycles. The van der Waals surface area contributed by atoms with Gasteiger partial charge >= 0.3 is 0 Å². The van der Waals surface area contributed by atoms with E-state index in [1.807, 2.05) is 6.92 Å². The zero-order valence-corrected chi connectivity index (χ0v) is 11.3. The summed E-state index contributed by atoms with van der Waals surface area (Å²) in [5.74, 6) is -0.242. The van der Waals surface area contributed by atoms with E-state index in [0.717, 1.165) is 0 Å². The molecule has 0 aliphatic rings. The van der Waals surface area contributed by atoms with Gasteiger partial charge in [0.15, 0.2) is 0 Å². The number of anilines is 2. The standard InChI is InChI=1S/C14H16N4O2/c1-3-12-10(6-8(2)17-18-12)14(20)16-13-5-4-9(19)7-11(13)15/h4-7,19H,3,15H2,1-2H3,(H,16,20). The fourth-order valence-electron chi connectivity index (χ4n) is 1.83. The number of phenols is 1. The lowest BCUT2D eigenvalue weighted by Gasteiger charge is -2.10. The maximum Gasteiger partial charge on any atom is 0.257 e. The molecule has 0 saturated carbocycles. The number of nitrogens with two attached hydrogens (primary N) is 1. The molecular weight excluding hydrogens is 256 g/mol. The van der Waals surface area contributed by atoms with E-state index in [1.165, 1.54) is 12.1 Å². The molecule has 20 heavy (non-hydrogen) atoms. The maximum atomic E-state index is 12.3. The number of aromatic hydroxyl groups is 1. The first-order valence-corrected chi connectivity index (χ1v) is 6.24. The molecular formula is C14H16N4O2. The number of aromatic nitrogens is 2. The number of nitrogen functional groups attached to an aromatic ring is 1. The van der Waals surface area contributed by atoms with Gasteiger partial charge in [0.1, 0.15) is 5.75 Å². The normalized spacial score (nSPS) is 10.3. The highest BCUT2D eigenvalue weighted by molar-refractivity contribution is 6.06. The highest BCUT2D eigenvalue weighted by atomic mass is 16.3. The van der Waals surface area contributed by atoms with Crippen LogP contribution in [0, 0.1) is 6.92 Å². The molecule has 2 aromatic rings. The Labute approximate surface area is 116 Å². The second kappa shape index (κ2) is 5.56. The van der Waals surface area contributed by atoms with Crippen molar-refractivity contribution >= 4 is 17.3 Å². The number of aryl methyl sites for hydroxylation is 2. The predicted molar refractivity (Wildman–Crippen MR) is 76.6 cm³/mol. The van der Waals surface area contributed by atoms with Crippen LogP contribution < -0.4 is 11.1 Å². The molecule has 1 aromatic heterocycles. The second-order valence-corrected chi connectivity index (χ2v) is 4.43. The minimum absolute atomic E-state index is 0.0520. The first-order chi connectivity index (χ1) is 9.51. The number of hydrogen-bond donors (Lipinski definition) is 3. The molecule has 6 heteroatoms. The fraction of sp³-hybridized carbons (Fsp3) is 0.214. The Balaban J connectivity index is 2.30. The van der Waals surface area contributed by atoms with Gasteiger partial charge in [-0.3, -0.25) is 4.79 Å². The largest absolute Gasteiger partial charge is 0.508 e. The predicted octanol–water partition coefficient (Wildman–Crippen LogP) is 1.89. The van der Waals surface area contributed by atoms with Gasteiger partial charge in [-0.25, -0.2) is 0 Å². The molecule has 0 atom stereocenters. The van der Waals surface area contributed by atoms with Crippen molar-refractivity contribution in [2.75, 3.05) is 11.1 Å². The topological polar surface area (TPSA) is 101 Å². The Morgan fingerprint density at radius 3 is 2.75 bits per heavy atom. The first-order valence-electron chi connectivity index (χ1n) is 6.24. The number of carbonyl (C=O) groups excluding carboxylic acids is 1. The molecule has 104 valence electrons. The summed E-state index contributed by atoms with van der Waals surface area (Å²) in [5, 5.41) is 20.0. The zero-order chi connectivity index (χ0) is 14.7. The van der Waals surface area contributed by atoms with Gasteiger partial charge in [-0.15, -0.1) is 0 Å². The van der Waals surface area contributed by atoms with E-state index < -0.39 is 0 Å². The van der Waals surface area contributed by atoms with Crippen LogP contribution in [0.5, 0.6) is 5.75 Å². The lowest BCUT2D eigenvalue weighted by Crippen LogP contribution is -2.17. The molecule has 0 unspecified atom stereocenters. The van der Waals surface area contributed by atoms with Crippen molar-refractivity contribution in [3.8, 4) is 5.75 Å². The van der Waals surface area contributed by atoms with Crippen LogP contribution in [-0.4, -0.2) is 21.2 Å². The van der Waals surface area contributed by atoms with Crippen molar-refractivity contribution in [3.05, 3.63) is 41.2 Å². The van der Waals surface area contributed by atoms with Crippen LogP contribution in [0.4, 0.5) is 11.4 Å². The molecule has 4 N–H and O–H groups in total. The lowest BCUT2D eigenvalue weighted by atomic mass is 10.1. The van der Waals surface area contributed by atoms with Gasteiger partial charge in [0.2, 0.25) is 0 Å². The summed E-state index contributed by atoms with van der Waals surface area (Å²) in [6, 6.07) is 6.09. The van der Waals surface area contributed by atoms with Gasteiger partial charge in [-0.1, -0.05) is 6.92 Å². The third kappa shape index (κ3) is 2.85. The molecule has 0 saturated heterocycles. The number of carbonyl (C=O) groups is 1. The lowest BCUT2D eigenvalue weighted by molar-refractivity contribution is 0.102. The molecule has 0 aliphatic carbocycles. The van der Waals surface area contributed by atoms with Crippen molar-refractivity contribution < 1.29 is 9.90 Å². The number of benzene rings is 1. The minimum Gasteiger partial charge on any atom is -0.508 e. The molecule has 0 spiro atoms. The van der Waals surface area contributed by atoms with E-state index >= 15 is 0 Å². The molecule has 0 radical (unpaired) electrons. The molecule has 1 amide bonds. The molecule has 0 bridgehead atoms. The van der Waals surface area contributed by atoms with Crippen LogP contribution >= 0.6 is 0 Å². The van der Waals surface area contributed by atoms with Gasteiger partial charge in [-0.05, 0) is 31.5 Å². The zero-order valence-electron chi connectivity index (χ0n) is 11.3. The van der Waals surface area contributed by atoms with Gasteiger partial charge < -0.3 is 16.2 Å². The monoisotopic (exact) mass is 272 g/mol. The van der Waals surface area contributed by atoms with Crippen molar-refractivity contribution in [3.63, 3.8) is 0 Å². The van der Waals surface area contributed by atoms with Crippen LogP contribution in [-0.2, 0) is 6.42 Å². The van der Waals surface area contributed by atoms with E-state index in [1.54, 1.807) is 19.1 Å². The molecule has 2 rings (SSSR count). The van der Waals surface area contributed by atoms with Crippen LogP contribution in [0.2, 0.25) is 0 Å². The summed E-state index contributed by atoms with van der Waals surface area (Å²) in [7, 11) is 0. The first kappa shape index (κ1) is 13.8. The SMILES string of the molecule is CCc1nnc(C)cc1C(=O)Nc1ccc(O)cc1N. The Morgan fingerprint density at radius 2 is 2.10 bits per heavy atom. The summed E-state index contributed by atoms with van der Waals surface area (Å²) in [4.78, 5) is 12.3. The van der Waals surface area contributed by atoms with E-state index in [9.17, 15) is 9.90 Å². The van der Waals surface area contributed by atoms with Crippen molar-refractivity contribution in [2.24, 2.45) is 0 Å². The van der Waals surface area contributed by atoms with Crippen LogP contribution in [0.1, 0.15) is 28.7 Å². The van der Waals surface area contributed by atoms with Gasteiger partial charge in [0.25, 0.3) is 5.91 Å². The summed E-state index contributed by atoms with van der Waals surface area (Å²) in [5.41, 5.74) is 8.28. The average molecular weight is 272 g/mol. The molecule has 0 fully saturated rings. The van der Waals surface area contributed by atoms with Crippen molar-refractivity contribution in [1.82, 2.24) is 10.2 Å². The second-order valence-electron chi connectivity index (χ2n) is 4.43. The van der Waals surface area contributed by atoms with Gasteiger partial charge in [0, 0.05) is 6.07 Å². The Kier molecular flexibility index (Phi) is 3.84. The van der Waals surface area contributed by atoms with Crippen LogP contribution in [0.25, 0.3) is 0 Å². The molecule has 6 nitrogen and oxygen atoms in total. The highest BCUT2D eigenvalue weighted by Crippen LogP contribution is 2.24. The number of rotatable bonds is 3.